The molecule has 0 aliphatic heterocycles. The number of carbonyl (C=O) groups is 2. The molecule has 0 atom stereocenters. The van der Waals surface area contributed by atoms with Crippen LogP contribution in [0, 0.1) is 19.3 Å². The smallest absolute Gasteiger partial charge is 0.311 e. The van der Waals surface area contributed by atoms with Gasteiger partial charge in [-0.25, -0.2) is 0 Å². The highest BCUT2D eigenvalue weighted by Gasteiger charge is 2.41. The van der Waals surface area contributed by atoms with E-state index in [1.807, 2.05) is 13.0 Å². The maximum Gasteiger partial charge on any atom is 0.311 e. The number of aryl methyl sites for hydroxylation is 2. The van der Waals surface area contributed by atoms with Crippen LogP contribution in [0.15, 0.2) is 36.4 Å². The van der Waals surface area contributed by atoms with Crippen molar-refractivity contribution in [2.24, 2.45) is 5.41 Å². The monoisotopic (exact) mass is 478 g/mol. The molecule has 3 rings (SSSR count). The van der Waals surface area contributed by atoms with Crippen molar-refractivity contribution in [3.63, 3.8) is 0 Å². The fourth-order valence-corrected chi connectivity index (χ4v) is 5.33. The van der Waals surface area contributed by atoms with Crippen LogP contribution in [-0.2, 0) is 15.0 Å². The molecule has 2 aromatic carbocycles. The standard InChI is InChI=1S/C31H42O4/c1-22-20-25(12-14-27(22)34-6)31(18-16-30(4,5)17-19-31)26-13-15-28(23(2)21-26)35-29(33)11-9-7-8-10-24(3)32/h12-15,20-21H,7-11,16-19H2,1-6H3. The van der Waals surface area contributed by atoms with Gasteiger partial charge in [-0.15, -0.1) is 0 Å². The van der Waals surface area contributed by atoms with E-state index in [9.17, 15) is 9.59 Å². The molecule has 0 radical (unpaired) electrons. The lowest BCUT2D eigenvalue weighted by Gasteiger charge is -2.45. The number of esters is 1. The second kappa shape index (κ2) is 11.4. The molecular formula is C31H42O4. The van der Waals surface area contributed by atoms with Gasteiger partial charge < -0.3 is 14.3 Å². The fraction of sp³-hybridized carbons (Fsp3) is 0.548. The molecule has 0 heterocycles. The van der Waals surface area contributed by atoms with Gasteiger partial charge in [-0.2, -0.15) is 0 Å². The molecule has 0 amide bonds. The van der Waals surface area contributed by atoms with E-state index < -0.39 is 0 Å². The Hall–Kier alpha value is -2.62. The van der Waals surface area contributed by atoms with Crippen LogP contribution in [0.5, 0.6) is 11.5 Å². The lowest BCUT2D eigenvalue weighted by atomic mass is 9.59. The van der Waals surface area contributed by atoms with Crippen molar-refractivity contribution in [2.75, 3.05) is 7.11 Å². The van der Waals surface area contributed by atoms with Crippen molar-refractivity contribution in [3.05, 3.63) is 58.7 Å². The minimum Gasteiger partial charge on any atom is -0.496 e. The second-order valence-electron chi connectivity index (χ2n) is 11.1. The van der Waals surface area contributed by atoms with Crippen molar-refractivity contribution in [1.82, 2.24) is 0 Å². The lowest BCUT2D eigenvalue weighted by molar-refractivity contribution is -0.134. The number of hydrogen-bond acceptors (Lipinski definition) is 4. The van der Waals surface area contributed by atoms with Gasteiger partial charge in [0, 0.05) is 18.3 Å². The van der Waals surface area contributed by atoms with E-state index in [0.29, 0.717) is 24.0 Å². The molecular weight excluding hydrogens is 436 g/mol. The zero-order valence-electron chi connectivity index (χ0n) is 22.5. The molecule has 4 heteroatoms. The number of methoxy groups -OCH3 is 1. The molecule has 4 nitrogen and oxygen atoms in total. The summed E-state index contributed by atoms with van der Waals surface area (Å²) in [4.78, 5) is 23.5. The van der Waals surface area contributed by atoms with Crippen LogP contribution in [0.2, 0.25) is 0 Å². The Kier molecular flexibility index (Phi) is 8.79. The summed E-state index contributed by atoms with van der Waals surface area (Å²) in [6, 6.07) is 12.9. The summed E-state index contributed by atoms with van der Waals surface area (Å²) in [5.41, 5.74) is 5.05. The minimum atomic E-state index is -0.205. The molecule has 1 saturated carbocycles. The molecule has 1 aliphatic carbocycles. The summed E-state index contributed by atoms with van der Waals surface area (Å²) in [6.07, 6.45) is 7.92. The lowest BCUT2D eigenvalue weighted by Crippen LogP contribution is -2.36. The third-order valence-electron chi connectivity index (χ3n) is 7.77. The molecule has 0 aromatic heterocycles. The summed E-state index contributed by atoms with van der Waals surface area (Å²) in [5.74, 6) is 1.55. The molecule has 0 N–H and O–H groups in total. The van der Waals surface area contributed by atoms with Gasteiger partial charge >= 0.3 is 5.97 Å². The molecule has 35 heavy (non-hydrogen) atoms. The first kappa shape index (κ1) is 27.0. The second-order valence-corrected chi connectivity index (χ2v) is 11.1. The Morgan fingerprint density at radius 1 is 0.800 bits per heavy atom. The topological polar surface area (TPSA) is 52.6 Å². The third kappa shape index (κ3) is 6.74. The van der Waals surface area contributed by atoms with Crippen LogP contribution < -0.4 is 9.47 Å². The van der Waals surface area contributed by atoms with Gasteiger partial charge in [0.15, 0.2) is 0 Å². The minimum absolute atomic E-state index is 0.0590. The zero-order valence-corrected chi connectivity index (χ0v) is 22.5. The van der Waals surface area contributed by atoms with Crippen LogP contribution in [0.4, 0.5) is 0 Å². The maximum atomic E-state index is 12.4. The van der Waals surface area contributed by atoms with Crippen molar-refractivity contribution in [1.29, 1.82) is 0 Å². The molecule has 2 aromatic rings. The van der Waals surface area contributed by atoms with Gasteiger partial charge in [0.05, 0.1) is 7.11 Å². The van der Waals surface area contributed by atoms with E-state index in [0.717, 1.165) is 61.8 Å². The fourth-order valence-electron chi connectivity index (χ4n) is 5.33. The number of unbranched alkanes of at least 4 members (excludes halogenated alkanes) is 2. The van der Waals surface area contributed by atoms with Crippen LogP contribution >= 0.6 is 0 Å². The molecule has 0 bridgehead atoms. The van der Waals surface area contributed by atoms with Gasteiger partial charge in [0.1, 0.15) is 17.3 Å². The molecule has 1 aliphatic rings. The summed E-state index contributed by atoms with van der Waals surface area (Å²) in [5, 5.41) is 0. The van der Waals surface area contributed by atoms with Crippen LogP contribution in [0.1, 0.15) is 101 Å². The molecule has 0 saturated heterocycles. The van der Waals surface area contributed by atoms with Crippen molar-refractivity contribution < 1.29 is 19.1 Å². The van der Waals surface area contributed by atoms with Crippen LogP contribution in [-0.4, -0.2) is 18.9 Å². The number of Topliss-reactive ketones (excluding diaryl/α,β-unsaturated/α-hetero) is 1. The van der Waals surface area contributed by atoms with Crippen molar-refractivity contribution in [3.8, 4) is 11.5 Å². The summed E-state index contributed by atoms with van der Waals surface area (Å²) >= 11 is 0. The number of benzene rings is 2. The molecule has 190 valence electrons. The predicted molar refractivity (Wildman–Crippen MR) is 141 cm³/mol. The number of hydrogen-bond donors (Lipinski definition) is 0. The van der Waals surface area contributed by atoms with E-state index in [1.54, 1.807) is 14.0 Å². The van der Waals surface area contributed by atoms with Crippen LogP contribution in [0.25, 0.3) is 0 Å². The first-order valence-corrected chi connectivity index (χ1v) is 13.0. The van der Waals surface area contributed by atoms with E-state index >= 15 is 0 Å². The normalized spacial score (nSPS) is 16.5. The first-order chi connectivity index (χ1) is 16.6. The van der Waals surface area contributed by atoms with E-state index in [2.05, 4.69) is 51.1 Å². The highest BCUT2D eigenvalue weighted by atomic mass is 16.5. The zero-order chi connectivity index (χ0) is 25.6. The highest BCUT2D eigenvalue weighted by Crippen LogP contribution is 2.51. The first-order valence-electron chi connectivity index (χ1n) is 13.0. The molecule has 1 fully saturated rings. The van der Waals surface area contributed by atoms with Gasteiger partial charge in [-0.1, -0.05) is 44.5 Å². The Morgan fingerprint density at radius 2 is 1.34 bits per heavy atom. The van der Waals surface area contributed by atoms with Gasteiger partial charge in [-0.3, -0.25) is 4.79 Å². The largest absolute Gasteiger partial charge is 0.496 e. The van der Waals surface area contributed by atoms with E-state index in [-0.39, 0.29) is 17.2 Å². The SMILES string of the molecule is COc1ccc(C2(c3ccc(OC(=O)CCCCCC(C)=O)c(C)c3)CCC(C)(C)CC2)cc1C. The van der Waals surface area contributed by atoms with Gasteiger partial charge in [0.2, 0.25) is 0 Å². The van der Waals surface area contributed by atoms with Crippen LogP contribution in [0.3, 0.4) is 0 Å². The third-order valence-corrected chi connectivity index (χ3v) is 7.77. The van der Waals surface area contributed by atoms with Crippen molar-refractivity contribution >= 4 is 11.8 Å². The average molecular weight is 479 g/mol. The Bertz CT molecular complexity index is 1040. The van der Waals surface area contributed by atoms with E-state index in [1.165, 1.54) is 11.1 Å². The van der Waals surface area contributed by atoms with Gasteiger partial charge in [0.25, 0.3) is 0 Å². The summed E-state index contributed by atoms with van der Waals surface area (Å²) < 4.78 is 11.2. The highest BCUT2D eigenvalue weighted by molar-refractivity contribution is 5.75. The number of ether oxygens (including phenoxy) is 2. The van der Waals surface area contributed by atoms with Crippen molar-refractivity contribution in [2.45, 2.75) is 97.8 Å². The quantitative estimate of drug-likeness (QED) is 0.200. The maximum absolute atomic E-state index is 12.4. The summed E-state index contributed by atoms with van der Waals surface area (Å²) in [6.45, 7) is 10.5. The molecule has 0 unspecified atom stereocenters. The summed E-state index contributed by atoms with van der Waals surface area (Å²) in [7, 11) is 1.72. The Balaban J connectivity index is 1.80. The predicted octanol–water partition coefficient (Wildman–Crippen LogP) is 7.64. The van der Waals surface area contributed by atoms with Gasteiger partial charge in [-0.05, 0) is 99.1 Å². The number of carbonyl (C=O) groups excluding carboxylic acids is 2. The Morgan fingerprint density at radius 3 is 1.86 bits per heavy atom. The molecule has 0 spiro atoms. The number of rotatable bonds is 10. The van der Waals surface area contributed by atoms with E-state index in [4.69, 9.17) is 9.47 Å². The Labute approximate surface area is 211 Å². The number of ketones is 1. The average Bonchev–Trinajstić information content (AvgIpc) is 2.80.